The zero-order valence-electron chi connectivity index (χ0n) is 15.6. The number of carboxylic acid groups (broad SMARTS) is 1. The van der Waals surface area contributed by atoms with Crippen molar-refractivity contribution in [3.63, 3.8) is 0 Å². The van der Waals surface area contributed by atoms with Gasteiger partial charge in [0, 0.05) is 24.4 Å². The van der Waals surface area contributed by atoms with Crippen molar-refractivity contribution in [3.8, 4) is 0 Å². The molecule has 7 heteroatoms. The highest BCUT2D eigenvalue weighted by molar-refractivity contribution is 7.14. The standard InChI is InChI=1S/C20H25N3O3S/c1-13-3-5-17-14(9-13)10-18(27-17)20(26)22-7-2-8-23-16(12-22)11-15(21-23)4-6-19(24)25/h10-11,13H,2-9,12H2,1H3,(H,24,25)/t13-/m0/s1. The summed E-state index contributed by atoms with van der Waals surface area (Å²) >= 11 is 1.66. The molecule has 0 saturated heterocycles. The molecule has 0 radical (unpaired) electrons. The molecule has 0 bridgehead atoms. The molecule has 0 unspecified atom stereocenters. The van der Waals surface area contributed by atoms with E-state index in [0.717, 1.165) is 48.6 Å². The van der Waals surface area contributed by atoms with E-state index in [1.54, 1.807) is 11.3 Å². The highest BCUT2D eigenvalue weighted by Gasteiger charge is 2.26. The summed E-state index contributed by atoms with van der Waals surface area (Å²) in [5.41, 5.74) is 3.15. The molecule has 0 saturated carbocycles. The van der Waals surface area contributed by atoms with Crippen LogP contribution in [0.3, 0.4) is 0 Å². The minimum absolute atomic E-state index is 0.0816. The van der Waals surface area contributed by atoms with Crippen molar-refractivity contribution < 1.29 is 14.7 Å². The number of carboxylic acids is 1. The monoisotopic (exact) mass is 387 g/mol. The number of aliphatic carboxylic acids is 1. The molecular weight excluding hydrogens is 362 g/mol. The molecule has 0 spiro atoms. The van der Waals surface area contributed by atoms with E-state index in [1.165, 1.54) is 16.9 Å². The third-order valence-corrected chi connectivity index (χ3v) is 6.71. The van der Waals surface area contributed by atoms with Crippen LogP contribution in [0, 0.1) is 5.92 Å². The largest absolute Gasteiger partial charge is 0.481 e. The molecule has 4 rings (SSSR count). The highest BCUT2D eigenvalue weighted by atomic mass is 32.1. The topological polar surface area (TPSA) is 75.4 Å². The Morgan fingerprint density at radius 2 is 2.19 bits per heavy atom. The molecule has 1 aliphatic heterocycles. The van der Waals surface area contributed by atoms with Gasteiger partial charge in [0.2, 0.25) is 0 Å². The van der Waals surface area contributed by atoms with Crippen molar-refractivity contribution in [1.29, 1.82) is 0 Å². The highest BCUT2D eigenvalue weighted by Crippen LogP contribution is 2.33. The first-order valence-corrected chi connectivity index (χ1v) is 10.5. The Hall–Kier alpha value is -2.15. The smallest absolute Gasteiger partial charge is 0.303 e. The predicted molar refractivity (Wildman–Crippen MR) is 103 cm³/mol. The number of thiophene rings is 1. The van der Waals surface area contributed by atoms with Gasteiger partial charge in [0.05, 0.1) is 29.2 Å². The summed E-state index contributed by atoms with van der Waals surface area (Å²) in [5, 5.41) is 13.4. The normalized spacial score (nSPS) is 19.3. The molecule has 1 aliphatic carbocycles. The van der Waals surface area contributed by atoms with Crippen LogP contribution >= 0.6 is 11.3 Å². The molecule has 144 valence electrons. The van der Waals surface area contributed by atoms with Gasteiger partial charge in [0.15, 0.2) is 0 Å². The van der Waals surface area contributed by atoms with Gasteiger partial charge in [-0.1, -0.05) is 6.92 Å². The number of amides is 1. The van der Waals surface area contributed by atoms with Crippen LogP contribution in [0.15, 0.2) is 12.1 Å². The van der Waals surface area contributed by atoms with Crippen LogP contribution < -0.4 is 0 Å². The molecule has 6 nitrogen and oxygen atoms in total. The van der Waals surface area contributed by atoms with Crippen molar-refractivity contribution in [2.24, 2.45) is 5.92 Å². The Morgan fingerprint density at radius 3 is 3.00 bits per heavy atom. The van der Waals surface area contributed by atoms with Crippen LogP contribution in [0.1, 0.15) is 57.7 Å². The number of fused-ring (bicyclic) bond motifs is 2. The maximum atomic E-state index is 13.1. The molecule has 1 atom stereocenters. The van der Waals surface area contributed by atoms with Gasteiger partial charge < -0.3 is 10.0 Å². The molecule has 0 aromatic carbocycles. The summed E-state index contributed by atoms with van der Waals surface area (Å²) in [7, 11) is 0. The van der Waals surface area contributed by atoms with Gasteiger partial charge in [-0.05, 0) is 49.3 Å². The van der Waals surface area contributed by atoms with Gasteiger partial charge in [-0.15, -0.1) is 11.3 Å². The van der Waals surface area contributed by atoms with E-state index in [2.05, 4.69) is 18.1 Å². The van der Waals surface area contributed by atoms with E-state index in [0.29, 0.717) is 18.9 Å². The zero-order valence-corrected chi connectivity index (χ0v) is 16.4. The molecule has 2 aromatic rings. The number of carbonyl (C=O) groups is 2. The molecule has 27 heavy (non-hydrogen) atoms. The van der Waals surface area contributed by atoms with Crippen LogP contribution in [-0.2, 0) is 37.1 Å². The number of aromatic nitrogens is 2. The van der Waals surface area contributed by atoms with Crippen molar-refractivity contribution in [1.82, 2.24) is 14.7 Å². The number of aryl methyl sites for hydroxylation is 3. The number of carbonyl (C=O) groups excluding carboxylic acids is 1. The average Bonchev–Trinajstić information content (AvgIpc) is 3.17. The third-order valence-electron chi connectivity index (χ3n) is 5.49. The lowest BCUT2D eigenvalue weighted by Crippen LogP contribution is -2.30. The Balaban J connectivity index is 1.49. The molecule has 0 fully saturated rings. The first-order valence-electron chi connectivity index (χ1n) is 9.68. The number of rotatable bonds is 4. The van der Waals surface area contributed by atoms with E-state index in [4.69, 9.17) is 5.11 Å². The third kappa shape index (κ3) is 3.93. The number of hydrogen-bond donors (Lipinski definition) is 1. The lowest BCUT2D eigenvalue weighted by atomic mass is 9.90. The molecular formula is C20H25N3O3S. The van der Waals surface area contributed by atoms with Gasteiger partial charge in [0.1, 0.15) is 0 Å². The van der Waals surface area contributed by atoms with Crippen molar-refractivity contribution in [2.45, 2.75) is 58.5 Å². The summed E-state index contributed by atoms with van der Waals surface area (Å²) in [6, 6.07) is 4.06. The number of hydrogen-bond acceptors (Lipinski definition) is 4. The summed E-state index contributed by atoms with van der Waals surface area (Å²) in [6.07, 6.45) is 4.76. The SMILES string of the molecule is C[C@H]1CCc2sc(C(=O)N3CCCn4nc(CCC(=O)O)cc4C3)cc2C1. The van der Waals surface area contributed by atoms with Crippen molar-refractivity contribution in [2.75, 3.05) is 6.54 Å². The Morgan fingerprint density at radius 1 is 1.33 bits per heavy atom. The maximum Gasteiger partial charge on any atom is 0.303 e. The first kappa shape index (κ1) is 18.2. The summed E-state index contributed by atoms with van der Waals surface area (Å²) in [4.78, 5) is 28.1. The van der Waals surface area contributed by atoms with Gasteiger partial charge in [-0.2, -0.15) is 5.10 Å². The van der Waals surface area contributed by atoms with Crippen LogP contribution in [0.25, 0.3) is 0 Å². The molecule has 1 amide bonds. The molecule has 2 aromatic heterocycles. The maximum absolute atomic E-state index is 13.1. The van der Waals surface area contributed by atoms with E-state index >= 15 is 0 Å². The quantitative estimate of drug-likeness (QED) is 0.875. The Bertz CT molecular complexity index is 870. The summed E-state index contributed by atoms with van der Waals surface area (Å²) < 4.78 is 1.94. The second kappa shape index (κ2) is 7.46. The van der Waals surface area contributed by atoms with Crippen LogP contribution in [0.4, 0.5) is 0 Å². The van der Waals surface area contributed by atoms with Crippen LogP contribution in [-0.4, -0.2) is 38.2 Å². The second-order valence-corrected chi connectivity index (χ2v) is 8.87. The second-order valence-electron chi connectivity index (χ2n) is 7.73. The van der Waals surface area contributed by atoms with Crippen molar-refractivity contribution in [3.05, 3.63) is 38.8 Å². The van der Waals surface area contributed by atoms with E-state index in [9.17, 15) is 9.59 Å². The van der Waals surface area contributed by atoms with Crippen LogP contribution in [0.2, 0.25) is 0 Å². The van der Waals surface area contributed by atoms with E-state index in [1.807, 2.05) is 15.6 Å². The van der Waals surface area contributed by atoms with E-state index in [-0.39, 0.29) is 12.3 Å². The summed E-state index contributed by atoms with van der Waals surface area (Å²) in [6.45, 7) is 4.31. The minimum atomic E-state index is -0.814. The predicted octanol–water partition coefficient (Wildman–Crippen LogP) is 3.13. The fourth-order valence-corrected chi connectivity index (χ4v) is 5.20. The summed E-state index contributed by atoms with van der Waals surface area (Å²) in [5.74, 6) is 0.00146. The van der Waals surface area contributed by atoms with Gasteiger partial charge in [-0.25, -0.2) is 0 Å². The lowest BCUT2D eigenvalue weighted by Gasteiger charge is -2.19. The average molecular weight is 388 g/mol. The Labute approximate surface area is 162 Å². The fourth-order valence-electron chi connectivity index (χ4n) is 4.02. The van der Waals surface area contributed by atoms with Gasteiger partial charge in [-0.3, -0.25) is 14.3 Å². The van der Waals surface area contributed by atoms with Crippen molar-refractivity contribution >= 4 is 23.2 Å². The minimum Gasteiger partial charge on any atom is -0.481 e. The molecule has 3 heterocycles. The first-order chi connectivity index (χ1) is 13.0. The van der Waals surface area contributed by atoms with Gasteiger partial charge >= 0.3 is 5.97 Å². The van der Waals surface area contributed by atoms with Gasteiger partial charge in [0.25, 0.3) is 5.91 Å². The zero-order chi connectivity index (χ0) is 19.0. The number of nitrogens with zero attached hydrogens (tertiary/aromatic N) is 3. The Kier molecular flexibility index (Phi) is 5.04. The fraction of sp³-hybridized carbons (Fsp3) is 0.550. The van der Waals surface area contributed by atoms with E-state index < -0.39 is 5.97 Å². The molecule has 1 N–H and O–H groups in total. The lowest BCUT2D eigenvalue weighted by molar-refractivity contribution is -0.136. The molecule has 2 aliphatic rings. The van der Waals surface area contributed by atoms with Crippen LogP contribution in [0.5, 0.6) is 0 Å².